The Morgan fingerprint density at radius 3 is 2.74 bits per heavy atom. The number of carboxylic acids is 1. The number of thioether (sulfide) groups is 1. The van der Waals surface area contributed by atoms with Crippen molar-refractivity contribution in [1.82, 2.24) is 4.98 Å². The third kappa shape index (κ3) is 4.81. The quantitative estimate of drug-likeness (QED) is 0.732. The Kier molecular flexibility index (Phi) is 5.33. The van der Waals surface area contributed by atoms with Gasteiger partial charge in [0, 0.05) is 10.1 Å². The number of aromatic nitrogens is 1. The van der Waals surface area contributed by atoms with Crippen molar-refractivity contribution in [3.8, 4) is 0 Å². The molecule has 1 aromatic rings. The van der Waals surface area contributed by atoms with Crippen molar-refractivity contribution in [2.24, 2.45) is 5.73 Å². The predicted octanol–water partition coefficient (Wildman–Crippen LogP) is 1.31. The van der Waals surface area contributed by atoms with E-state index in [0.29, 0.717) is 5.13 Å². The first-order valence-corrected chi connectivity index (χ1v) is 7.43. The summed E-state index contributed by atoms with van der Waals surface area (Å²) in [6.45, 7) is 5.25. The second-order valence-corrected chi connectivity index (χ2v) is 7.04. The largest absolute Gasteiger partial charge is 0.480 e. The smallest absolute Gasteiger partial charge is 0.321 e. The summed E-state index contributed by atoms with van der Waals surface area (Å²) in [5.41, 5.74) is 6.42. The van der Waals surface area contributed by atoms with Gasteiger partial charge in [0.25, 0.3) is 0 Å². The minimum absolute atomic E-state index is 0.132. The molecule has 1 atom stereocenters. The van der Waals surface area contributed by atoms with Crippen LogP contribution in [0.5, 0.6) is 0 Å². The highest BCUT2D eigenvalue weighted by molar-refractivity contribution is 8.01. The molecule has 0 aromatic carbocycles. The first kappa shape index (κ1) is 15.9. The van der Waals surface area contributed by atoms with E-state index < -0.39 is 16.8 Å². The molecule has 6 nitrogen and oxygen atoms in total. The van der Waals surface area contributed by atoms with Crippen LogP contribution in [0.4, 0.5) is 5.13 Å². The number of hydrogen-bond donors (Lipinski definition) is 3. The summed E-state index contributed by atoms with van der Waals surface area (Å²) in [5.74, 6) is -1.16. The number of aryl methyl sites for hydroxylation is 1. The number of nitrogens with zero attached hydrogens (tertiary/aromatic N) is 1. The van der Waals surface area contributed by atoms with Crippen LogP contribution in [0.25, 0.3) is 0 Å². The normalized spacial score (nSPS) is 13.1. The molecule has 1 heterocycles. The topological polar surface area (TPSA) is 105 Å². The fourth-order valence-corrected chi connectivity index (χ4v) is 2.77. The van der Waals surface area contributed by atoms with Crippen molar-refractivity contribution < 1.29 is 14.7 Å². The molecule has 0 fully saturated rings. The maximum atomic E-state index is 11.7. The number of nitrogens with two attached hydrogens (primary N) is 1. The molecule has 19 heavy (non-hydrogen) atoms. The number of hydrogen-bond acceptors (Lipinski definition) is 6. The lowest BCUT2D eigenvalue weighted by atomic mass is 10.1. The Bertz CT molecular complexity index is 474. The molecule has 8 heteroatoms. The summed E-state index contributed by atoms with van der Waals surface area (Å²) in [6, 6.07) is -1.02. The van der Waals surface area contributed by atoms with Crippen molar-refractivity contribution in [2.75, 3.05) is 11.1 Å². The third-order valence-electron chi connectivity index (χ3n) is 2.46. The van der Waals surface area contributed by atoms with E-state index in [1.807, 2.05) is 12.3 Å². The van der Waals surface area contributed by atoms with Gasteiger partial charge < -0.3 is 16.2 Å². The van der Waals surface area contributed by atoms with Gasteiger partial charge in [-0.05, 0) is 20.8 Å². The van der Waals surface area contributed by atoms with Gasteiger partial charge in [0.1, 0.15) is 6.04 Å². The highest BCUT2D eigenvalue weighted by Crippen LogP contribution is 2.27. The molecule has 4 N–H and O–H groups in total. The van der Waals surface area contributed by atoms with Gasteiger partial charge >= 0.3 is 5.97 Å². The zero-order valence-electron chi connectivity index (χ0n) is 11.0. The van der Waals surface area contributed by atoms with Gasteiger partial charge in [-0.25, -0.2) is 4.98 Å². The predicted molar refractivity (Wildman–Crippen MR) is 77.6 cm³/mol. The molecule has 1 amide bonds. The number of thiazole rings is 1. The molecule has 1 rings (SSSR count). The first-order chi connectivity index (χ1) is 8.72. The molecule has 106 valence electrons. The number of rotatable bonds is 6. The van der Waals surface area contributed by atoms with Gasteiger partial charge in [0.05, 0.1) is 11.4 Å². The number of carbonyl (C=O) groups is 2. The van der Waals surface area contributed by atoms with Crippen LogP contribution < -0.4 is 11.1 Å². The lowest BCUT2D eigenvalue weighted by molar-refractivity contribution is -0.139. The maximum Gasteiger partial charge on any atom is 0.321 e. The molecule has 0 spiro atoms. The Labute approximate surface area is 119 Å². The van der Waals surface area contributed by atoms with Crippen LogP contribution in [0.3, 0.4) is 0 Å². The number of aliphatic carboxylic acids is 1. The minimum Gasteiger partial charge on any atom is -0.480 e. The fourth-order valence-electron chi connectivity index (χ4n) is 1.21. The van der Waals surface area contributed by atoms with Crippen LogP contribution in [-0.4, -0.2) is 38.5 Å². The number of amides is 1. The average molecular weight is 303 g/mol. The van der Waals surface area contributed by atoms with Gasteiger partial charge in [0.15, 0.2) is 5.13 Å². The summed E-state index contributed by atoms with van der Waals surface area (Å²) >= 11 is 2.56. The van der Waals surface area contributed by atoms with Crippen LogP contribution in [0.15, 0.2) is 5.38 Å². The maximum absolute atomic E-state index is 11.7. The Morgan fingerprint density at radius 2 is 2.26 bits per heavy atom. The molecule has 0 aliphatic carbocycles. The second kappa shape index (κ2) is 6.36. The van der Waals surface area contributed by atoms with Gasteiger partial charge in [-0.1, -0.05) is 0 Å². The van der Waals surface area contributed by atoms with E-state index in [-0.39, 0.29) is 11.7 Å². The lowest BCUT2D eigenvalue weighted by Gasteiger charge is -2.27. The summed E-state index contributed by atoms with van der Waals surface area (Å²) < 4.78 is -0.720. The molecule has 0 saturated carbocycles. The van der Waals surface area contributed by atoms with Gasteiger partial charge in [0.2, 0.25) is 5.91 Å². The third-order valence-corrected chi connectivity index (χ3v) is 4.74. The van der Waals surface area contributed by atoms with Crippen LogP contribution in [0, 0.1) is 6.92 Å². The highest BCUT2D eigenvalue weighted by Gasteiger charge is 2.33. The zero-order valence-corrected chi connectivity index (χ0v) is 12.6. The highest BCUT2D eigenvalue weighted by atomic mass is 32.2. The molecule has 0 unspecified atom stereocenters. The summed E-state index contributed by atoms with van der Waals surface area (Å²) in [4.78, 5) is 26.7. The van der Waals surface area contributed by atoms with E-state index in [2.05, 4.69) is 10.3 Å². The second-order valence-electron chi connectivity index (χ2n) is 4.55. The summed E-state index contributed by atoms with van der Waals surface area (Å²) in [6.07, 6.45) is 0. The fraction of sp³-hybridized carbons (Fsp3) is 0.545. The Morgan fingerprint density at radius 1 is 1.63 bits per heavy atom. The summed E-state index contributed by atoms with van der Waals surface area (Å²) in [5, 5.41) is 13.9. The molecule has 1 aromatic heterocycles. The van der Waals surface area contributed by atoms with E-state index in [0.717, 1.165) is 5.69 Å². The van der Waals surface area contributed by atoms with Crippen LogP contribution in [0.1, 0.15) is 19.5 Å². The molecule has 0 bridgehead atoms. The average Bonchev–Trinajstić information content (AvgIpc) is 2.71. The SMILES string of the molecule is Cc1csc(NC(=O)CSC(C)(C)[C@H](N)C(=O)O)n1. The lowest BCUT2D eigenvalue weighted by Crippen LogP contribution is -2.47. The van der Waals surface area contributed by atoms with E-state index in [4.69, 9.17) is 10.8 Å². The Hall–Kier alpha value is -1.12. The first-order valence-electron chi connectivity index (χ1n) is 5.56. The molecule has 0 saturated heterocycles. The van der Waals surface area contributed by atoms with E-state index >= 15 is 0 Å². The van der Waals surface area contributed by atoms with Crippen LogP contribution >= 0.6 is 23.1 Å². The van der Waals surface area contributed by atoms with Crippen LogP contribution in [-0.2, 0) is 9.59 Å². The number of carbonyl (C=O) groups excluding carboxylic acids is 1. The molecule has 0 aliphatic rings. The number of anilines is 1. The standard InChI is InChI=1S/C11H17N3O3S2/c1-6-4-18-10(13-6)14-7(15)5-19-11(2,3)8(12)9(16)17/h4,8H,5,12H2,1-3H3,(H,16,17)(H,13,14,15)/t8-/m1/s1. The van der Waals surface area contributed by atoms with Crippen molar-refractivity contribution >= 4 is 40.1 Å². The van der Waals surface area contributed by atoms with Crippen LogP contribution in [0.2, 0.25) is 0 Å². The molecule has 0 aliphatic heterocycles. The monoisotopic (exact) mass is 303 g/mol. The molecular formula is C11H17N3O3S2. The van der Waals surface area contributed by atoms with Gasteiger partial charge in [-0.3, -0.25) is 9.59 Å². The molecular weight excluding hydrogens is 286 g/mol. The van der Waals surface area contributed by atoms with E-state index in [1.165, 1.54) is 23.1 Å². The Balaban J connectivity index is 2.48. The van der Waals surface area contributed by atoms with Gasteiger partial charge in [-0.2, -0.15) is 0 Å². The minimum atomic E-state index is -1.08. The van der Waals surface area contributed by atoms with Gasteiger partial charge in [-0.15, -0.1) is 23.1 Å². The zero-order chi connectivity index (χ0) is 14.6. The number of nitrogens with one attached hydrogen (secondary N) is 1. The number of carboxylic acid groups (broad SMARTS) is 1. The van der Waals surface area contributed by atoms with E-state index in [1.54, 1.807) is 13.8 Å². The molecule has 0 radical (unpaired) electrons. The van der Waals surface area contributed by atoms with Crippen molar-refractivity contribution in [3.63, 3.8) is 0 Å². The summed E-state index contributed by atoms with van der Waals surface area (Å²) in [7, 11) is 0. The van der Waals surface area contributed by atoms with Crippen molar-refractivity contribution in [2.45, 2.75) is 31.6 Å². The van der Waals surface area contributed by atoms with Crippen molar-refractivity contribution in [3.05, 3.63) is 11.1 Å². The van der Waals surface area contributed by atoms with Crippen molar-refractivity contribution in [1.29, 1.82) is 0 Å². The van der Waals surface area contributed by atoms with E-state index in [9.17, 15) is 9.59 Å².